The molecule has 0 amide bonds. The molecule has 1 aromatic rings. The molecule has 16 heavy (non-hydrogen) atoms. The van der Waals surface area contributed by atoms with E-state index in [4.69, 9.17) is 0 Å². The largest absolute Gasteiger partial charge is 0.307 e. The number of nitrogens with zero attached hydrogens (tertiary/aromatic N) is 1. The van der Waals surface area contributed by atoms with Gasteiger partial charge in [-0.1, -0.05) is 13.3 Å². The van der Waals surface area contributed by atoms with Gasteiger partial charge in [0.05, 0.1) is 0 Å². The maximum absolute atomic E-state index is 4.06. The number of rotatable bonds is 4. The van der Waals surface area contributed by atoms with Gasteiger partial charge >= 0.3 is 0 Å². The summed E-state index contributed by atoms with van der Waals surface area (Å²) < 4.78 is 0. The van der Waals surface area contributed by atoms with Gasteiger partial charge in [0.15, 0.2) is 0 Å². The summed E-state index contributed by atoms with van der Waals surface area (Å²) in [6.07, 6.45) is 9.17. The van der Waals surface area contributed by atoms with Crippen molar-refractivity contribution in [2.24, 2.45) is 5.92 Å². The fourth-order valence-corrected chi connectivity index (χ4v) is 2.70. The monoisotopic (exact) mass is 218 g/mol. The Morgan fingerprint density at radius 2 is 2.12 bits per heavy atom. The molecule has 0 spiro atoms. The Morgan fingerprint density at radius 3 is 2.75 bits per heavy atom. The Morgan fingerprint density at radius 1 is 1.38 bits per heavy atom. The van der Waals surface area contributed by atoms with Crippen molar-refractivity contribution < 1.29 is 0 Å². The van der Waals surface area contributed by atoms with Crippen molar-refractivity contribution in [3.05, 3.63) is 30.1 Å². The van der Waals surface area contributed by atoms with Crippen LogP contribution < -0.4 is 5.32 Å². The van der Waals surface area contributed by atoms with Gasteiger partial charge < -0.3 is 5.32 Å². The Bertz CT molecular complexity index is 310. The number of hydrogen-bond acceptors (Lipinski definition) is 2. The first kappa shape index (κ1) is 11.6. The molecule has 0 bridgehead atoms. The molecule has 2 nitrogen and oxygen atoms in total. The highest BCUT2D eigenvalue weighted by molar-refractivity contribution is 5.14. The third-order valence-electron chi connectivity index (χ3n) is 3.81. The summed E-state index contributed by atoms with van der Waals surface area (Å²) in [6.45, 7) is 4.55. The summed E-state index contributed by atoms with van der Waals surface area (Å²) in [5.74, 6) is 0.946. The van der Waals surface area contributed by atoms with Gasteiger partial charge in [-0.05, 0) is 49.8 Å². The number of nitrogens with one attached hydrogen (secondary N) is 1. The van der Waals surface area contributed by atoms with Crippen LogP contribution >= 0.6 is 0 Å². The lowest BCUT2D eigenvalue weighted by molar-refractivity contribution is 0.437. The second-order valence-electron chi connectivity index (χ2n) is 4.95. The average molecular weight is 218 g/mol. The van der Waals surface area contributed by atoms with Crippen molar-refractivity contribution >= 4 is 0 Å². The highest BCUT2D eigenvalue weighted by Gasteiger charge is 2.24. The van der Waals surface area contributed by atoms with E-state index in [9.17, 15) is 0 Å². The molecule has 2 heteroatoms. The number of pyridine rings is 1. The molecule has 0 saturated heterocycles. The maximum Gasteiger partial charge on any atom is 0.0295 e. The second-order valence-corrected chi connectivity index (χ2v) is 4.95. The van der Waals surface area contributed by atoms with Crippen molar-refractivity contribution in [3.8, 4) is 0 Å². The lowest BCUT2D eigenvalue weighted by Gasteiger charge is -2.19. The Kier molecular flexibility index (Phi) is 3.94. The van der Waals surface area contributed by atoms with E-state index < -0.39 is 0 Å². The third kappa shape index (κ3) is 2.82. The molecule has 1 aliphatic rings. The van der Waals surface area contributed by atoms with Gasteiger partial charge in [-0.2, -0.15) is 0 Å². The zero-order chi connectivity index (χ0) is 11.4. The van der Waals surface area contributed by atoms with Crippen LogP contribution in [0.2, 0.25) is 0 Å². The van der Waals surface area contributed by atoms with Gasteiger partial charge in [0.1, 0.15) is 0 Å². The van der Waals surface area contributed by atoms with E-state index >= 15 is 0 Å². The third-order valence-corrected chi connectivity index (χ3v) is 3.81. The lowest BCUT2D eigenvalue weighted by atomic mass is 10.0. The lowest BCUT2D eigenvalue weighted by Crippen LogP contribution is -2.29. The van der Waals surface area contributed by atoms with Gasteiger partial charge in [0, 0.05) is 24.5 Å². The Labute approximate surface area is 98.5 Å². The molecule has 2 unspecified atom stereocenters. The van der Waals surface area contributed by atoms with Crippen molar-refractivity contribution in [2.75, 3.05) is 0 Å². The van der Waals surface area contributed by atoms with Gasteiger partial charge in [-0.15, -0.1) is 0 Å². The van der Waals surface area contributed by atoms with Gasteiger partial charge in [-0.25, -0.2) is 0 Å². The van der Waals surface area contributed by atoms with E-state index in [1.165, 1.54) is 31.2 Å². The van der Waals surface area contributed by atoms with Gasteiger partial charge in [0.2, 0.25) is 0 Å². The average Bonchev–Trinajstić information content (AvgIpc) is 2.78. The minimum Gasteiger partial charge on any atom is -0.307 e. The molecule has 1 N–H and O–H groups in total. The van der Waals surface area contributed by atoms with Crippen molar-refractivity contribution in [1.82, 2.24) is 10.3 Å². The first-order valence-electron chi connectivity index (χ1n) is 6.45. The summed E-state index contributed by atoms with van der Waals surface area (Å²) in [7, 11) is 0. The molecule has 1 saturated carbocycles. The molecule has 0 aliphatic heterocycles. The maximum atomic E-state index is 4.06. The number of hydrogen-bond donors (Lipinski definition) is 1. The fourth-order valence-electron chi connectivity index (χ4n) is 2.70. The van der Waals surface area contributed by atoms with Crippen LogP contribution in [0.4, 0.5) is 0 Å². The van der Waals surface area contributed by atoms with E-state index in [2.05, 4.69) is 36.3 Å². The van der Waals surface area contributed by atoms with Crippen LogP contribution in [0.15, 0.2) is 24.5 Å². The molecule has 88 valence electrons. The number of aromatic nitrogens is 1. The zero-order valence-electron chi connectivity index (χ0n) is 10.3. The predicted octanol–water partition coefficient (Wildman–Crippen LogP) is 3.31. The van der Waals surface area contributed by atoms with E-state index in [1.807, 2.05) is 12.4 Å². The minimum absolute atomic E-state index is 0.448. The van der Waals surface area contributed by atoms with Crippen LogP contribution in [0.5, 0.6) is 0 Å². The van der Waals surface area contributed by atoms with Crippen molar-refractivity contribution in [3.63, 3.8) is 0 Å². The molecule has 1 aromatic heterocycles. The SMILES string of the molecule is CCC1CCC(N[C@@H](C)c2ccncc2)C1. The molecule has 2 rings (SSSR count). The van der Waals surface area contributed by atoms with Gasteiger partial charge in [0.25, 0.3) is 0 Å². The van der Waals surface area contributed by atoms with Crippen LogP contribution in [0.3, 0.4) is 0 Å². The highest BCUT2D eigenvalue weighted by atomic mass is 14.9. The van der Waals surface area contributed by atoms with E-state index in [1.54, 1.807) is 0 Å². The Balaban J connectivity index is 1.86. The van der Waals surface area contributed by atoms with E-state index in [0.29, 0.717) is 12.1 Å². The van der Waals surface area contributed by atoms with Gasteiger partial charge in [-0.3, -0.25) is 4.98 Å². The molecule has 3 atom stereocenters. The summed E-state index contributed by atoms with van der Waals surface area (Å²) in [6, 6.07) is 5.37. The van der Waals surface area contributed by atoms with Crippen molar-refractivity contribution in [2.45, 2.75) is 51.6 Å². The fraction of sp³-hybridized carbons (Fsp3) is 0.643. The highest BCUT2D eigenvalue weighted by Crippen LogP contribution is 2.29. The van der Waals surface area contributed by atoms with Crippen LogP contribution in [-0.4, -0.2) is 11.0 Å². The summed E-state index contributed by atoms with van der Waals surface area (Å²) in [5, 5.41) is 3.73. The standard InChI is InChI=1S/C14H22N2/c1-3-12-4-5-14(10-12)16-11(2)13-6-8-15-9-7-13/h6-9,11-12,14,16H,3-5,10H2,1-2H3/t11-,12?,14?/m0/s1. The van der Waals surface area contributed by atoms with Crippen molar-refractivity contribution in [1.29, 1.82) is 0 Å². The van der Waals surface area contributed by atoms with Crippen LogP contribution in [0.25, 0.3) is 0 Å². The van der Waals surface area contributed by atoms with Crippen LogP contribution in [0, 0.1) is 5.92 Å². The zero-order valence-corrected chi connectivity index (χ0v) is 10.3. The molecular weight excluding hydrogens is 196 g/mol. The molecule has 0 aromatic carbocycles. The normalized spacial score (nSPS) is 26.9. The summed E-state index contributed by atoms with van der Waals surface area (Å²) in [4.78, 5) is 4.06. The molecular formula is C14H22N2. The topological polar surface area (TPSA) is 24.9 Å². The quantitative estimate of drug-likeness (QED) is 0.838. The van der Waals surface area contributed by atoms with Crippen LogP contribution in [-0.2, 0) is 0 Å². The summed E-state index contributed by atoms with van der Waals surface area (Å²) >= 11 is 0. The predicted molar refractivity (Wildman–Crippen MR) is 67.2 cm³/mol. The molecule has 1 heterocycles. The first-order chi connectivity index (χ1) is 7.79. The molecule has 1 fully saturated rings. The first-order valence-corrected chi connectivity index (χ1v) is 6.45. The Hall–Kier alpha value is -0.890. The second kappa shape index (κ2) is 5.44. The minimum atomic E-state index is 0.448. The van der Waals surface area contributed by atoms with E-state index in [-0.39, 0.29) is 0 Å². The molecule has 1 aliphatic carbocycles. The van der Waals surface area contributed by atoms with E-state index in [0.717, 1.165) is 5.92 Å². The molecule has 0 radical (unpaired) electrons. The summed E-state index contributed by atoms with van der Waals surface area (Å²) in [5.41, 5.74) is 1.34. The smallest absolute Gasteiger partial charge is 0.0295 e. The van der Waals surface area contributed by atoms with Crippen LogP contribution in [0.1, 0.15) is 51.1 Å².